The summed E-state index contributed by atoms with van der Waals surface area (Å²) in [6.07, 6.45) is 1.95. The van der Waals surface area contributed by atoms with E-state index in [1.807, 2.05) is 39.9 Å². The monoisotopic (exact) mass is 274 g/mol. The Hall–Kier alpha value is -2.01. The van der Waals surface area contributed by atoms with E-state index in [1.165, 1.54) is 0 Å². The minimum atomic E-state index is 0.133. The fourth-order valence-corrected chi connectivity index (χ4v) is 2.49. The molecule has 0 atom stereocenters. The summed E-state index contributed by atoms with van der Waals surface area (Å²) in [6.45, 7) is 2.98. The maximum Gasteiger partial charge on any atom is 0.242 e. The highest BCUT2D eigenvalue weighted by atomic mass is 16.5. The van der Waals surface area contributed by atoms with E-state index in [9.17, 15) is 4.79 Å². The lowest BCUT2D eigenvalue weighted by molar-refractivity contribution is -0.135. The highest BCUT2D eigenvalue weighted by Gasteiger charge is 2.17. The van der Waals surface area contributed by atoms with Crippen molar-refractivity contribution in [1.82, 2.24) is 9.47 Å². The molecule has 0 unspecified atom stereocenters. The van der Waals surface area contributed by atoms with Crippen LogP contribution in [0.4, 0.5) is 0 Å². The van der Waals surface area contributed by atoms with Crippen LogP contribution in [-0.4, -0.2) is 48.8 Å². The Balaban J connectivity index is 1.81. The van der Waals surface area contributed by atoms with Crippen LogP contribution >= 0.6 is 0 Å². The van der Waals surface area contributed by atoms with Crippen LogP contribution in [0.1, 0.15) is 0 Å². The third-order valence-electron chi connectivity index (χ3n) is 3.65. The van der Waals surface area contributed by atoms with Gasteiger partial charge in [0.15, 0.2) is 0 Å². The van der Waals surface area contributed by atoms with Gasteiger partial charge in [0, 0.05) is 25.4 Å². The number of rotatable bonds is 3. The minimum Gasteiger partial charge on any atom is -0.497 e. The molecule has 0 saturated carbocycles. The molecule has 2 heterocycles. The van der Waals surface area contributed by atoms with Crippen molar-refractivity contribution in [3.8, 4) is 5.75 Å². The zero-order valence-electron chi connectivity index (χ0n) is 11.5. The molecule has 0 radical (unpaired) electrons. The molecule has 5 heteroatoms. The number of amides is 1. The van der Waals surface area contributed by atoms with Gasteiger partial charge in [0.05, 0.1) is 25.8 Å². The van der Waals surface area contributed by atoms with Crippen LogP contribution in [0.3, 0.4) is 0 Å². The lowest BCUT2D eigenvalue weighted by atomic mass is 10.2. The number of hydrogen-bond donors (Lipinski definition) is 0. The molecule has 0 spiro atoms. The van der Waals surface area contributed by atoms with Gasteiger partial charge < -0.3 is 18.9 Å². The summed E-state index contributed by atoms with van der Waals surface area (Å²) >= 11 is 0. The Kier molecular flexibility index (Phi) is 3.60. The first-order valence-electron chi connectivity index (χ1n) is 6.76. The second-order valence-electron chi connectivity index (χ2n) is 4.86. The molecule has 1 aromatic heterocycles. The Morgan fingerprint density at radius 1 is 1.30 bits per heavy atom. The number of ether oxygens (including phenoxy) is 2. The third-order valence-corrected chi connectivity index (χ3v) is 3.65. The van der Waals surface area contributed by atoms with Gasteiger partial charge in [0.25, 0.3) is 0 Å². The number of aromatic nitrogens is 1. The molecular formula is C15H18N2O3. The van der Waals surface area contributed by atoms with Gasteiger partial charge in [-0.1, -0.05) is 0 Å². The predicted molar refractivity (Wildman–Crippen MR) is 75.9 cm³/mol. The summed E-state index contributed by atoms with van der Waals surface area (Å²) in [5, 5.41) is 1.11. The summed E-state index contributed by atoms with van der Waals surface area (Å²) in [7, 11) is 1.65. The molecule has 106 valence electrons. The van der Waals surface area contributed by atoms with Crippen molar-refractivity contribution in [1.29, 1.82) is 0 Å². The van der Waals surface area contributed by atoms with Gasteiger partial charge in [-0.15, -0.1) is 0 Å². The Bertz CT molecular complexity index is 615. The van der Waals surface area contributed by atoms with E-state index in [0.29, 0.717) is 32.8 Å². The lowest BCUT2D eigenvalue weighted by Crippen LogP contribution is -2.42. The molecule has 2 aromatic rings. The van der Waals surface area contributed by atoms with Gasteiger partial charge >= 0.3 is 0 Å². The van der Waals surface area contributed by atoms with Crippen molar-refractivity contribution < 1.29 is 14.3 Å². The van der Waals surface area contributed by atoms with E-state index < -0.39 is 0 Å². The van der Waals surface area contributed by atoms with E-state index >= 15 is 0 Å². The summed E-state index contributed by atoms with van der Waals surface area (Å²) < 4.78 is 12.5. The van der Waals surface area contributed by atoms with Crippen LogP contribution in [0, 0.1) is 0 Å². The van der Waals surface area contributed by atoms with Crippen molar-refractivity contribution in [2.75, 3.05) is 33.4 Å². The van der Waals surface area contributed by atoms with Gasteiger partial charge in [-0.25, -0.2) is 0 Å². The van der Waals surface area contributed by atoms with E-state index in [1.54, 1.807) is 7.11 Å². The number of morpholine rings is 1. The van der Waals surface area contributed by atoms with Gasteiger partial charge in [-0.2, -0.15) is 0 Å². The summed E-state index contributed by atoms with van der Waals surface area (Å²) in [5.41, 5.74) is 1.02. The lowest BCUT2D eigenvalue weighted by Gasteiger charge is -2.27. The maximum absolute atomic E-state index is 12.3. The van der Waals surface area contributed by atoms with E-state index in [-0.39, 0.29) is 5.91 Å². The first-order chi connectivity index (χ1) is 9.78. The minimum absolute atomic E-state index is 0.133. The molecule has 0 N–H and O–H groups in total. The Morgan fingerprint density at radius 3 is 2.85 bits per heavy atom. The van der Waals surface area contributed by atoms with E-state index in [4.69, 9.17) is 9.47 Å². The average Bonchev–Trinajstić information content (AvgIpc) is 2.90. The van der Waals surface area contributed by atoms with Crippen molar-refractivity contribution in [3.63, 3.8) is 0 Å². The number of hydrogen-bond acceptors (Lipinski definition) is 3. The Labute approximate surface area is 117 Å². The number of nitrogens with zero attached hydrogens (tertiary/aromatic N) is 2. The van der Waals surface area contributed by atoms with Crippen LogP contribution in [0.15, 0.2) is 30.5 Å². The normalized spacial score (nSPS) is 15.6. The molecule has 3 rings (SSSR count). The Morgan fingerprint density at radius 2 is 2.10 bits per heavy atom. The molecule has 1 aromatic carbocycles. The van der Waals surface area contributed by atoms with Gasteiger partial charge in [-0.3, -0.25) is 4.79 Å². The number of fused-ring (bicyclic) bond motifs is 1. The van der Waals surface area contributed by atoms with E-state index in [0.717, 1.165) is 16.7 Å². The predicted octanol–water partition coefficient (Wildman–Crippen LogP) is 1.51. The quantitative estimate of drug-likeness (QED) is 0.852. The largest absolute Gasteiger partial charge is 0.497 e. The van der Waals surface area contributed by atoms with Crippen LogP contribution in [-0.2, 0) is 16.1 Å². The first kappa shape index (κ1) is 13.0. The zero-order chi connectivity index (χ0) is 13.9. The first-order valence-corrected chi connectivity index (χ1v) is 6.76. The second-order valence-corrected chi connectivity index (χ2v) is 4.86. The van der Waals surface area contributed by atoms with Gasteiger partial charge in [-0.05, 0) is 23.6 Å². The molecule has 0 bridgehead atoms. The standard InChI is InChI=1S/C15H18N2O3/c1-19-13-3-2-12-4-5-17(14(12)10-13)11-15(18)16-6-8-20-9-7-16/h2-5,10H,6-9,11H2,1H3. The van der Waals surface area contributed by atoms with Crippen LogP contribution < -0.4 is 4.74 Å². The number of methoxy groups -OCH3 is 1. The topological polar surface area (TPSA) is 43.7 Å². The summed E-state index contributed by atoms with van der Waals surface area (Å²) in [4.78, 5) is 14.1. The summed E-state index contributed by atoms with van der Waals surface area (Å²) in [6, 6.07) is 7.91. The third kappa shape index (κ3) is 2.49. The van der Waals surface area contributed by atoms with Crippen molar-refractivity contribution >= 4 is 16.8 Å². The molecule has 0 aliphatic carbocycles. The molecule has 1 amide bonds. The number of carbonyl (C=O) groups is 1. The zero-order valence-corrected chi connectivity index (χ0v) is 11.5. The highest BCUT2D eigenvalue weighted by molar-refractivity contribution is 5.84. The van der Waals surface area contributed by atoms with Crippen molar-refractivity contribution in [2.24, 2.45) is 0 Å². The van der Waals surface area contributed by atoms with Crippen LogP contribution in [0.5, 0.6) is 5.75 Å². The fraction of sp³-hybridized carbons (Fsp3) is 0.400. The maximum atomic E-state index is 12.3. The molecule has 1 aliphatic heterocycles. The molecule has 1 fully saturated rings. The smallest absolute Gasteiger partial charge is 0.242 e. The molecule has 5 nitrogen and oxygen atoms in total. The van der Waals surface area contributed by atoms with Gasteiger partial charge in [0.2, 0.25) is 5.91 Å². The van der Waals surface area contributed by atoms with Crippen LogP contribution in [0.25, 0.3) is 10.9 Å². The average molecular weight is 274 g/mol. The molecular weight excluding hydrogens is 256 g/mol. The molecule has 20 heavy (non-hydrogen) atoms. The highest BCUT2D eigenvalue weighted by Crippen LogP contribution is 2.22. The van der Waals surface area contributed by atoms with Crippen molar-refractivity contribution in [3.05, 3.63) is 30.5 Å². The second kappa shape index (κ2) is 5.54. The number of carbonyl (C=O) groups excluding carboxylic acids is 1. The van der Waals surface area contributed by atoms with Crippen molar-refractivity contribution in [2.45, 2.75) is 6.54 Å². The van der Waals surface area contributed by atoms with Crippen LogP contribution in [0.2, 0.25) is 0 Å². The van der Waals surface area contributed by atoms with Gasteiger partial charge in [0.1, 0.15) is 12.3 Å². The number of benzene rings is 1. The fourth-order valence-electron chi connectivity index (χ4n) is 2.49. The molecule has 1 aliphatic rings. The summed E-state index contributed by atoms with van der Waals surface area (Å²) in [5.74, 6) is 0.935. The molecule has 1 saturated heterocycles. The SMILES string of the molecule is COc1ccc2ccn(CC(=O)N3CCOCC3)c2c1. The van der Waals surface area contributed by atoms with E-state index in [2.05, 4.69) is 0 Å².